The number of nitrogens with one attached hydrogen (secondary N) is 1. The zero-order valence-electron chi connectivity index (χ0n) is 10.3. The van der Waals surface area contributed by atoms with E-state index in [1.54, 1.807) is 0 Å². The minimum absolute atomic E-state index is 0.169. The maximum atomic E-state index is 12.1. The van der Waals surface area contributed by atoms with Gasteiger partial charge in [0.15, 0.2) is 0 Å². The Balaban J connectivity index is 1.86. The molecule has 2 heterocycles. The lowest BCUT2D eigenvalue weighted by molar-refractivity contribution is -0.147. The highest BCUT2D eigenvalue weighted by Crippen LogP contribution is 2.29. The Kier molecular flexibility index (Phi) is 3.50. The number of carbonyl (C=O) groups is 1. The van der Waals surface area contributed by atoms with Gasteiger partial charge < -0.3 is 15.0 Å². The van der Waals surface area contributed by atoms with E-state index in [9.17, 15) is 4.79 Å². The molecule has 92 valence electrons. The molecule has 0 aromatic heterocycles. The lowest BCUT2D eigenvalue weighted by atomic mass is 9.82. The van der Waals surface area contributed by atoms with Gasteiger partial charge >= 0.3 is 0 Å². The van der Waals surface area contributed by atoms with Gasteiger partial charge in [0.2, 0.25) is 0 Å². The molecule has 2 aliphatic heterocycles. The summed E-state index contributed by atoms with van der Waals surface area (Å²) in [6.07, 6.45) is 1.94. The third kappa shape index (κ3) is 2.74. The van der Waals surface area contributed by atoms with Crippen molar-refractivity contribution in [2.24, 2.45) is 5.41 Å². The fourth-order valence-corrected chi connectivity index (χ4v) is 2.26. The molecule has 1 atom stereocenters. The molecule has 0 radical (unpaired) electrons. The highest BCUT2D eigenvalue weighted by atomic mass is 16.5. The molecule has 16 heavy (non-hydrogen) atoms. The molecule has 0 aliphatic carbocycles. The van der Waals surface area contributed by atoms with Crippen LogP contribution in [0.2, 0.25) is 0 Å². The number of rotatable bonds is 1. The van der Waals surface area contributed by atoms with Crippen LogP contribution in [0.1, 0.15) is 26.7 Å². The first-order valence-electron chi connectivity index (χ1n) is 6.20. The molecule has 0 saturated carbocycles. The Morgan fingerprint density at radius 1 is 1.38 bits per heavy atom. The first kappa shape index (κ1) is 11.9. The molecule has 0 aromatic rings. The molecule has 2 rings (SSSR count). The lowest BCUT2D eigenvalue weighted by Crippen LogP contribution is -2.52. The average molecular weight is 226 g/mol. The number of amides is 1. The summed E-state index contributed by atoms with van der Waals surface area (Å²) in [6, 6.07) is 0. The molecule has 0 bridgehead atoms. The normalized spacial score (nSPS) is 30.1. The monoisotopic (exact) mass is 226 g/mol. The van der Waals surface area contributed by atoms with Gasteiger partial charge in [0.25, 0.3) is 5.91 Å². The average Bonchev–Trinajstić information content (AvgIpc) is 2.29. The van der Waals surface area contributed by atoms with Crippen LogP contribution in [0.3, 0.4) is 0 Å². The molecule has 1 N–H and O–H groups in total. The molecule has 2 aliphatic rings. The van der Waals surface area contributed by atoms with Gasteiger partial charge in [-0.25, -0.2) is 0 Å². The number of ether oxygens (including phenoxy) is 1. The van der Waals surface area contributed by atoms with Gasteiger partial charge in [-0.3, -0.25) is 4.79 Å². The minimum Gasteiger partial charge on any atom is -0.366 e. The molecule has 1 amide bonds. The quantitative estimate of drug-likeness (QED) is 0.713. The van der Waals surface area contributed by atoms with Crippen molar-refractivity contribution in [3.05, 3.63) is 0 Å². The summed E-state index contributed by atoms with van der Waals surface area (Å²) in [5.74, 6) is 0.169. The zero-order chi connectivity index (χ0) is 11.6. The Hall–Kier alpha value is -0.610. The Bertz CT molecular complexity index is 250. The molecular weight excluding hydrogens is 204 g/mol. The summed E-state index contributed by atoms with van der Waals surface area (Å²) in [5.41, 5.74) is 0.391. The second-order valence-electron chi connectivity index (χ2n) is 5.55. The van der Waals surface area contributed by atoms with E-state index in [4.69, 9.17) is 4.74 Å². The third-order valence-electron chi connectivity index (χ3n) is 3.63. The third-order valence-corrected chi connectivity index (χ3v) is 3.63. The van der Waals surface area contributed by atoms with E-state index >= 15 is 0 Å². The van der Waals surface area contributed by atoms with Crippen molar-refractivity contribution in [2.45, 2.75) is 32.8 Å². The number of hydrogen-bond donors (Lipinski definition) is 1. The molecule has 0 spiro atoms. The Morgan fingerprint density at radius 3 is 2.62 bits per heavy atom. The predicted molar refractivity (Wildman–Crippen MR) is 62.2 cm³/mol. The Morgan fingerprint density at radius 2 is 2.06 bits per heavy atom. The van der Waals surface area contributed by atoms with Crippen LogP contribution in [0, 0.1) is 5.41 Å². The van der Waals surface area contributed by atoms with E-state index < -0.39 is 0 Å². The van der Waals surface area contributed by atoms with E-state index in [0.29, 0.717) is 18.6 Å². The summed E-state index contributed by atoms with van der Waals surface area (Å²) in [7, 11) is 0. The van der Waals surface area contributed by atoms with E-state index in [1.807, 2.05) is 4.90 Å². The van der Waals surface area contributed by atoms with Crippen LogP contribution in [0.4, 0.5) is 0 Å². The van der Waals surface area contributed by atoms with E-state index in [0.717, 1.165) is 32.5 Å². The second kappa shape index (κ2) is 4.72. The maximum absolute atomic E-state index is 12.1. The summed E-state index contributed by atoms with van der Waals surface area (Å²) < 4.78 is 5.49. The first-order chi connectivity index (χ1) is 7.58. The maximum Gasteiger partial charge on any atom is 0.253 e. The smallest absolute Gasteiger partial charge is 0.253 e. The topological polar surface area (TPSA) is 41.6 Å². The van der Waals surface area contributed by atoms with Crippen LogP contribution in [-0.4, -0.2) is 49.7 Å². The van der Waals surface area contributed by atoms with Gasteiger partial charge in [0, 0.05) is 26.2 Å². The number of piperidine rings is 1. The predicted octanol–water partition coefficient (Wildman–Crippen LogP) is 0.623. The van der Waals surface area contributed by atoms with Gasteiger partial charge in [-0.15, -0.1) is 0 Å². The van der Waals surface area contributed by atoms with Crippen molar-refractivity contribution in [3.63, 3.8) is 0 Å². The van der Waals surface area contributed by atoms with Crippen LogP contribution in [-0.2, 0) is 9.53 Å². The van der Waals surface area contributed by atoms with Gasteiger partial charge in [-0.05, 0) is 18.3 Å². The lowest BCUT2D eigenvalue weighted by Gasteiger charge is -2.38. The number of nitrogens with zero attached hydrogens (tertiary/aromatic N) is 1. The van der Waals surface area contributed by atoms with Gasteiger partial charge in [0.1, 0.15) is 6.10 Å². The molecule has 4 heteroatoms. The number of morpholine rings is 1. The summed E-state index contributed by atoms with van der Waals surface area (Å²) in [5, 5.41) is 3.20. The van der Waals surface area contributed by atoms with Gasteiger partial charge in [-0.1, -0.05) is 13.8 Å². The molecule has 0 aromatic carbocycles. The van der Waals surface area contributed by atoms with Gasteiger partial charge in [0.05, 0.1) is 6.61 Å². The van der Waals surface area contributed by atoms with E-state index in [2.05, 4.69) is 19.2 Å². The SMILES string of the molecule is CC1(C)CCN(C(=O)C2CNCCO2)CC1. The van der Waals surface area contributed by atoms with Crippen LogP contribution in [0.5, 0.6) is 0 Å². The van der Waals surface area contributed by atoms with Crippen molar-refractivity contribution in [1.29, 1.82) is 0 Å². The van der Waals surface area contributed by atoms with Crippen molar-refractivity contribution in [3.8, 4) is 0 Å². The molecule has 2 fully saturated rings. The standard InChI is InChI=1S/C12H22N2O2/c1-12(2)3-6-14(7-4-12)11(15)10-9-13-5-8-16-10/h10,13H,3-9H2,1-2H3. The van der Waals surface area contributed by atoms with Crippen molar-refractivity contribution >= 4 is 5.91 Å². The van der Waals surface area contributed by atoms with Gasteiger partial charge in [-0.2, -0.15) is 0 Å². The first-order valence-corrected chi connectivity index (χ1v) is 6.20. The van der Waals surface area contributed by atoms with Crippen LogP contribution in [0.15, 0.2) is 0 Å². The largest absolute Gasteiger partial charge is 0.366 e. The van der Waals surface area contributed by atoms with E-state index in [1.165, 1.54) is 0 Å². The minimum atomic E-state index is -0.255. The zero-order valence-corrected chi connectivity index (χ0v) is 10.3. The summed E-state index contributed by atoms with van der Waals surface area (Å²) >= 11 is 0. The van der Waals surface area contributed by atoms with Crippen LogP contribution < -0.4 is 5.32 Å². The Labute approximate surface area is 97.3 Å². The number of hydrogen-bond acceptors (Lipinski definition) is 3. The molecular formula is C12H22N2O2. The highest BCUT2D eigenvalue weighted by molar-refractivity contribution is 5.81. The van der Waals surface area contributed by atoms with Crippen LogP contribution >= 0.6 is 0 Å². The summed E-state index contributed by atoms with van der Waals surface area (Å²) in [6.45, 7) is 8.48. The second-order valence-corrected chi connectivity index (χ2v) is 5.55. The number of carbonyl (C=O) groups excluding carboxylic acids is 1. The molecule has 1 unspecified atom stereocenters. The molecule has 2 saturated heterocycles. The fourth-order valence-electron chi connectivity index (χ4n) is 2.26. The van der Waals surface area contributed by atoms with E-state index in [-0.39, 0.29) is 12.0 Å². The summed E-state index contributed by atoms with van der Waals surface area (Å²) in [4.78, 5) is 14.1. The highest BCUT2D eigenvalue weighted by Gasteiger charge is 2.32. The fraction of sp³-hybridized carbons (Fsp3) is 0.917. The van der Waals surface area contributed by atoms with Crippen LogP contribution in [0.25, 0.3) is 0 Å². The number of likely N-dealkylation sites (tertiary alicyclic amines) is 1. The van der Waals surface area contributed by atoms with Crippen molar-refractivity contribution in [2.75, 3.05) is 32.8 Å². The molecule has 4 nitrogen and oxygen atoms in total. The van der Waals surface area contributed by atoms with Crippen molar-refractivity contribution < 1.29 is 9.53 Å². The van der Waals surface area contributed by atoms with Crippen molar-refractivity contribution in [1.82, 2.24) is 10.2 Å².